The van der Waals surface area contributed by atoms with Crippen LogP contribution >= 0.6 is 0 Å². The lowest BCUT2D eigenvalue weighted by molar-refractivity contribution is 0.0955. The van der Waals surface area contributed by atoms with Crippen molar-refractivity contribution in [2.75, 3.05) is 19.6 Å². The van der Waals surface area contributed by atoms with Crippen molar-refractivity contribution in [3.8, 4) is 5.75 Å². The van der Waals surface area contributed by atoms with Gasteiger partial charge in [0.2, 0.25) is 0 Å². The second kappa shape index (κ2) is 5.68. The molecule has 1 saturated heterocycles. The average molecular weight is 234 g/mol. The lowest BCUT2D eigenvalue weighted by Gasteiger charge is -2.13. The minimum Gasteiger partial charge on any atom is -0.489 e. The third-order valence-electron chi connectivity index (χ3n) is 2.75. The predicted molar refractivity (Wildman–Crippen MR) is 66.4 cm³/mol. The van der Waals surface area contributed by atoms with E-state index in [9.17, 15) is 4.79 Å². The first kappa shape index (κ1) is 11.9. The fourth-order valence-corrected chi connectivity index (χ4v) is 1.89. The number of benzene rings is 1. The first-order chi connectivity index (χ1) is 8.29. The molecule has 0 aliphatic carbocycles. The molecular formula is C13H18N2O2. The molecule has 2 N–H and O–H groups in total. The molecule has 0 saturated carbocycles. The van der Waals surface area contributed by atoms with E-state index in [0.29, 0.717) is 12.1 Å². The summed E-state index contributed by atoms with van der Waals surface area (Å²) in [6.45, 7) is 4.42. The van der Waals surface area contributed by atoms with Gasteiger partial charge in [-0.2, -0.15) is 0 Å². The van der Waals surface area contributed by atoms with Crippen molar-refractivity contribution in [1.29, 1.82) is 0 Å². The summed E-state index contributed by atoms with van der Waals surface area (Å²) >= 11 is 0. The maximum Gasteiger partial charge on any atom is 0.251 e. The van der Waals surface area contributed by atoms with Gasteiger partial charge in [-0.15, -0.1) is 0 Å². The Labute approximate surface area is 101 Å². The molecule has 4 heteroatoms. The Kier molecular flexibility index (Phi) is 3.98. The summed E-state index contributed by atoms with van der Waals surface area (Å²) in [6.07, 6.45) is 1.24. The molecule has 1 unspecified atom stereocenters. The third-order valence-corrected chi connectivity index (χ3v) is 2.75. The molecule has 4 nitrogen and oxygen atoms in total. The summed E-state index contributed by atoms with van der Waals surface area (Å²) in [5.41, 5.74) is 0.648. The summed E-state index contributed by atoms with van der Waals surface area (Å²) in [7, 11) is 0. The molecule has 1 fully saturated rings. The van der Waals surface area contributed by atoms with E-state index < -0.39 is 0 Å². The number of carbonyl (C=O) groups is 1. The van der Waals surface area contributed by atoms with Crippen LogP contribution in [-0.2, 0) is 0 Å². The fourth-order valence-electron chi connectivity index (χ4n) is 1.89. The van der Waals surface area contributed by atoms with Crippen LogP contribution in [-0.4, -0.2) is 31.6 Å². The van der Waals surface area contributed by atoms with Crippen LogP contribution in [0.1, 0.15) is 23.7 Å². The smallest absolute Gasteiger partial charge is 0.251 e. The van der Waals surface area contributed by atoms with Crippen molar-refractivity contribution in [2.24, 2.45) is 0 Å². The first-order valence-corrected chi connectivity index (χ1v) is 6.05. The molecule has 1 aliphatic heterocycles. The molecule has 0 radical (unpaired) electrons. The second-order valence-corrected chi connectivity index (χ2v) is 4.12. The molecule has 0 bridgehead atoms. The normalized spacial score (nSPS) is 19.0. The fraction of sp³-hybridized carbons (Fsp3) is 0.462. The molecule has 17 heavy (non-hydrogen) atoms. The van der Waals surface area contributed by atoms with Gasteiger partial charge in [0.25, 0.3) is 5.91 Å². The minimum atomic E-state index is -0.0532. The molecule has 0 aromatic heterocycles. The Morgan fingerprint density at radius 1 is 1.59 bits per heavy atom. The number of carbonyl (C=O) groups excluding carboxylic acids is 1. The summed E-state index contributed by atoms with van der Waals surface area (Å²) < 4.78 is 5.80. The van der Waals surface area contributed by atoms with Gasteiger partial charge in [0.15, 0.2) is 0 Å². The monoisotopic (exact) mass is 234 g/mol. The van der Waals surface area contributed by atoms with Crippen molar-refractivity contribution in [2.45, 2.75) is 19.4 Å². The SMILES string of the molecule is CCNC(=O)c1cccc(OC2CCNC2)c1. The maximum absolute atomic E-state index is 11.7. The molecular weight excluding hydrogens is 216 g/mol. The zero-order valence-electron chi connectivity index (χ0n) is 10.0. The standard InChI is InChI=1S/C13H18N2O2/c1-2-15-13(16)10-4-3-5-11(8-10)17-12-6-7-14-9-12/h3-5,8,12,14H,2,6-7,9H2,1H3,(H,15,16). The van der Waals surface area contributed by atoms with Crippen LogP contribution in [0.15, 0.2) is 24.3 Å². The van der Waals surface area contributed by atoms with E-state index in [1.54, 1.807) is 12.1 Å². The highest BCUT2D eigenvalue weighted by Gasteiger charge is 2.16. The first-order valence-electron chi connectivity index (χ1n) is 6.05. The van der Waals surface area contributed by atoms with E-state index in [1.807, 2.05) is 19.1 Å². The van der Waals surface area contributed by atoms with Crippen LogP contribution in [0.3, 0.4) is 0 Å². The predicted octanol–water partition coefficient (Wildman–Crippen LogP) is 1.18. The van der Waals surface area contributed by atoms with Crippen molar-refractivity contribution in [3.63, 3.8) is 0 Å². The average Bonchev–Trinajstić information content (AvgIpc) is 2.82. The van der Waals surface area contributed by atoms with Crippen molar-refractivity contribution in [1.82, 2.24) is 10.6 Å². The van der Waals surface area contributed by atoms with E-state index in [2.05, 4.69) is 10.6 Å². The summed E-state index contributed by atoms with van der Waals surface area (Å²) in [6, 6.07) is 7.33. The van der Waals surface area contributed by atoms with E-state index in [4.69, 9.17) is 4.74 Å². The molecule has 1 heterocycles. The lowest BCUT2D eigenvalue weighted by Crippen LogP contribution is -2.23. The number of rotatable bonds is 4. The second-order valence-electron chi connectivity index (χ2n) is 4.12. The Hall–Kier alpha value is -1.55. The molecule has 1 atom stereocenters. The summed E-state index contributed by atoms with van der Waals surface area (Å²) in [5.74, 6) is 0.713. The highest BCUT2D eigenvalue weighted by Crippen LogP contribution is 2.17. The van der Waals surface area contributed by atoms with Crippen molar-refractivity contribution < 1.29 is 9.53 Å². The van der Waals surface area contributed by atoms with Gasteiger partial charge in [-0.25, -0.2) is 0 Å². The van der Waals surface area contributed by atoms with Gasteiger partial charge in [-0.3, -0.25) is 4.79 Å². The van der Waals surface area contributed by atoms with Crippen LogP contribution in [0.5, 0.6) is 5.75 Å². The topological polar surface area (TPSA) is 50.4 Å². The van der Waals surface area contributed by atoms with Crippen molar-refractivity contribution in [3.05, 3.63) is 29.8 Å². The van der Waals surface area contributed by atoms with Gasteiger partial charge in [-0.05, 0) is 38.1 Å². The van der Waals surface area contributed by atoms with E-state index in [1.165, 1.54) is 0 Å². The zero-order valence-corrected chi connectivity index (χ0v) is 10.0. The van der Waals surface area contributed by atoms with Gasteiger partial charge in [0.1, 0.15) is 11.9 Å². The molecule has 1 aliphatic rings. The third kappa shape index (κ3) is 3.20. The highest BCUT2D eigenvalue weighted by molar-refractivity contribution is 5.94. The Balaban J connectivity index is 2.02. The number of hydrogen-bond donors (Lipinski definition) is 2. The molecule has 0 spiro atoms. The van der Waals surface area contributed by atoms with Crippen LogP contribution < -0.4 is 15.4 Å². The number of hydrogen-bond acceptors (Lipinski definition) is 3. The quantitative estimate of drug-likeness (QED) is 0.822. The molecule has 2 rings (SSSR count). The number of ether oxygens (including phenoxy) is 1. The van der Waals surface area contributed by atoms with Crippen LogP contribution in [0, 0.1) is 0 Å². The Morgan fingerprint density at radius 3 is 3.18 bits per heavy atom. The van der Waals surface area contributed by atoms with Gasteiger partial charge < -0.3 is 15.4 Å². The van der Waals surface area contributed by atoms with Gasteiger partial charge in [0, 0.05) is 18.7 Å². The largest absolute Gasteiger partial charge is 0.489 e. The van der Waals surface area contributed by atoms with E-state index in [-0.39, 0.29) is 12.0 Å². The minimum absolute atomic E-state index is 0.0532. The van der Waals surface area contributed by atoms with E-state index in [0.717, 1.165) is 25.3 Å². The van der Waals surface area contributed by atoms with Crippen molar-refractivity contribution >= 4 is 5.91 Å². The van der Waals surface area contributed by atoms with Gasteiger partial charge in [-0.1, -0.05) is 6.07 Å². The molecule has 1 aromatic rings. The lowest BCUT2D eigenvalue weighted by atomic mass is 10.2. The summed E-state index contributed by atoms with van der Waals surface area (Å²) in [4.78, 5) is 11.7. The van der Waals surface area contributed by atoms with Crippen LogP contribution in [0.2, 0.25) is 0 Å². The number of amides is 1. The van der Waals surface area contributed by atoms with Crippen LogP contribution in [0.25, 0.3) is 0 Å². The molecule has 92 valence electrons. The molecule has 1 aromatic carbocycles. The van der Waals surface area contributed by atoms with Gasteiger partial charge in [0.05, 0.1) is 0 Å². The summed E-state index contributed by atoms with van der Waals surface area (Å²) in [5, 5.41) is 6.02. The number of nitrogens with one attached hydrogen (secondary N) is 2. The Morgan fingerprint density at radius 2 is 2.47 bits per heavy atom. The van der Waals surface area contributed by atoms with Gasteiger partial charge >= 0.3 is 0 Å². The zero-order chi connectivity index (χ0) is 12.1. The molecule has 1 amide bonds. The maximum atomic E-state index is 11.7. The highest BCUT2D eigenvalue weighted by atomic mass is 16.5. The Bertz CT molecular complexity index is 387. The van der Waals surface area contributed by atoms with E-state index >= 15 is 0 Å². The van der Waals surface area contributed by atoms with Crippen LogP contribution in [0.4, 0.5) is 0 Å².